The van der Waals surface area contributed by atoms with E-state index in [2.05, 4.69) is 13.8 Å². The van der Waals surface area contributed by atoms with Crippen LogP contribution in [0.25, 0.3) is 0 Å². The first-order chi connectivity index (χ1) is 6.31. The Kier molecular flexibility index (Phi) is 10.0. The average Bonchev–Trinajstić information content (AvgIpc) is 2.13. The predicted octanol–water partition coefficient (Wildman–Crippen LogP) is 3.86. The zero-order valence-corrected chi connectivity index (χ0v) is 9.52. The van der Waals surface area contributed by atoms with Gasteiger partial charge in [0.15, 0.2) is 0 Å². The Hall–Kier alpha value is -0.0400. The Balaban J connectivity index is 3.05. The predicted molar refractivity (Wildman–Crippen MR) is 60.9 cm³/mol. The van der Waals surface area contributed by atoms with Gasteiger partial charge in [-0.1, -0.05) is 58.8 Å². The minimum atomic E-state index is 0.475. The number of rotatable bonds is 9. The normalized spacial score (nSPS) is 13.2. The molecule has 0 bridgehead atoms. The highest BCUT2D eigenvalue weighted by Crippen LogP contribution is 2.09. The van der Waals surface area contributed by atoms with Crippen LogP contribution in [0.3, 0.4) is 0 Å². The number of nitrogens with two attached hydrogens (primary N) is 1. The van der Waals surface area contributed by atoms with E-state index in [4.69, 9.17) is 5.73 Å². The molecule has 0 amide bonds. The summed E-state index contributed by atoms with van der Waals surface area (Å²) in [4.78, 5) is 0. The van der Waals surface area contributed by atoms with Gasteiger partial charge >= 0.3 is 0 Å². The van der Waals surface area contributed by atoms with E-state index < -0.39 is 0 Å². The third kappa shape index (κ3) is 9.88. The van der Waals surface area contributed by atoms with Crippen LogP contribution in [0.1, 0.15) is 71.6 Å². The van der Waals surface area contributed by atoms with Crippen molar-refractivity contribution in [2.75, 3.05) is 0 Å². The minimum Gasteiger partial charge on any atom is -0.328 e. The van der Waals surface area contributed by atoms with E-state index >= 15 is 0 Å². The lowest BCUT2D eigenvalue weighted by Gasteiger charge is -2.10. The summed E-state index contributed by atoms with van der Waals surface area (Å²) in [5.41, 5.74) is 6.00. The molecule has 0 saturated carbocycles. The Morgan fingerprint density at radius 2 is 1.23 bits per heavy atom. The first kappa shape index (κ1) is 13.0. The van der Waals surface area contributed by atoms with Gasteiger partial charge in [-0.05, 0) is 12.8 Å². The van der Waals surface area contributed by atoms with E-state index in [1.807, 2.05) is 0 Å². The van der Waals surface area contributed by atoms with Gasteiger partial charge in [0.1, 0.15) is 0 Å². The van der Waals surface area contributed by atoms with Gasteiger partial charge in [-0.3, -0.25) is 0 Å². The summed E-state index contributed by atoms with van der Waals surface area (Å²) in [5, 5.41) is 0. The molecule has 0 heterocycles. The SMILES string of the molecule is CCCCCCC(N)CCCCC. The second kappa shape index (κ2) is 10.0. The lowest BCUT2D eigenvalue weighted by Crippen LogP contribution is -2.19. The molecule has 0 aromatic carbocycles. The van der Waals surface area contributed by atoms with Crippen molar-refractivity contribution in [3.63, 3.8) is 0 Å². The van der Waals surface area contributed by atoms with E-state index in [1.165, 1.54) is 57.8 Å². The monoisotopic (exact) mass is 185 g/mol. The Bertz CT molecular complexity index is 91.1. The van der Waals surface area contributed by atoms with E-state index in [0.717, 1.165) is 0 Å². The van der Waals surface area contributed by atoms with E-state index in [-0.39, 0.29) is 0 Å². The Morgan fingerprint density at radius 3 is 1.77 bits per heavy atom. The first-order valence-electron chi connectivity index (χ1n) is 6.06. The zero-order chi connectivity index (χ0) is 9.94. The lowest BCUT2D eigenvalue weighted by atomic mass is 10.0. The summed E-state index contributed by atoms with van der Waals surface area (Å²) in [6, 6.07) is 0.475. The van der Waals surface area contributed by atoms with E-state index in [9.17, 15) is 0 Å². The van der Waals surface area contributed by atoms with Crippen molar-refractivity contribution in [2.45, 2.75) is 77.7 Å². The van der Waals surface area contributed by atoms with Crippen molar-refractivity contribution in [3.8, 4) is 0 Å². The molecule has 0 saturated heterocycles. The topological polar surface area (TPSA) is 26.0 Å². The molecule has 80 valence electrons. The molecule has 1 unspecified atom stereocenters. The maximum Gasteiger partial charge on any atom is 0.00388 e. The molecular formula is C12H27N. The maximum atomic E-state index is 6.00. The van der Waals surface area contributed by atoms with Crippen LogP contribution in [0, 0.1) is 0 Å². The third-order valence-electron chi connectivity index (χ3n) is 2.61. The lowest BCUT2D eigenvalue weighted by molar-refractivity contribution is 0.497. The summed E-state index contributed by atoms with van der Waals surface area (Å²) in [7, 11) is 0. The van der Waals surface area contributed by atoms with Gasteiger partial charge in [-0.2, -0.15) is 0 Å². The van der Waals surface area contributed by atoms with Gasteiger partial charge in [0.25, 0.3) is 0 Å². The molecule has 1 atom stereocenters. The summed E-state index contributed by atoms with van der Waals surface area (Å²) >= 11 is 0. The number of unbranched alkanes of at least 4 members (excludes halogenated alkanes) is 5. The van der Waals surface area contributed by atoms with Crippen LogP contribution in [0.2, 0.25) is 0 Å². The van der Waals surface area contributed by atoms with Crippen LogP contribution >= 0.6 is 0 Å². The molecule has 0 aromatic rings. The van der Waals surface area contributed by atoms with Gasteiger partial charge in [0.05, 0.1) is 0 Å². The fourth-order valence-electron chi connectivity index (χ4n) is 1.63. The molecule has 0 aliphatic carbocycles. The van der Waals surface area contributed by atoms with Gasteiger partial charge in [0, 0.05) is 6.04 Å². The van der Waals surface area contributed by atoms with Crippen molar-refractivity contribution in [1.82, 2.24) is 0 Å². The van der Waals surface area contributed by atoms with Crippen LogP contribution in [0.4, 0.5) is 0 Å². The Morgan fingerprint density at radius 1 is 0.769 bits per heavy atom. The molecular weight excluding hydrogens is 158 g/mol. The maximum absolute atomic E-state index is 6.00. The molecule has 0 aliphatic heterocycles. The van der Waals surface area contributed by atoms with Crippen LogP contribution in [-0.4, -0.2) is 6.04 Å². The quantitative estimate of drug-likeness (QED) is 0.542. The van der Waals surface area contributed by atoms with Gasteiger partial charge in [-0.25, -0.2) is 0 Å². The molecule has 0 rings (SSSR count). The summed E-state index contributed by atoms with van der Waals surface area (Å²) in [6.45, 7) is 4.49. The fraction of sp³-hybridized carbons (Fsp3) is 1.00. The van der Waals surface area contributed by atoms with Gasteiger partial charge in [-0.15, -0.1) is 0 Å². The third-order valence-corrected chi connectivity index (χ3v) is 2.61. The molecule has 0 spiro atoms. The molecule has 0 aliphatic rings. The summed E-state index contributed by atoms with van der Waals surface area (Å²) < 4.78 is 0. The fourth-order valence-corrected chi connectivity index (χ4v) is 1.63. The summed E-state index contributed by atoms with van der Waals surface area (Å²) in [5.74, 6) is 0. The molecule has 1 heteroatoms. The highest BCUT2D eigenvalue weighted by molar-refractivity contribution is 4.61. The largest absolute Gasteiger partial charge is 0.328 e. The van der Waals surface area contributed by atoms with Gasteiger partial charge in [0.2, 0.25) is 0 Å². The zero-order valence-electron chi connectivity index (χ0n) is 9.52. The van der Waals surface area contributed by atoms with Crippen molar-refractivity contribution in [3.05, 3.63) is 0 Å². The van der Waals surface area contributed by atoms with Crippen molar-refractivity contribution >= 4 is 0 Å². The Labute approximate surface area is 84.1 Å². The molecule has 0 fully saturated rings. The highest BCUT2D eigenvalue weighted by atomic mass is 14.6. The van der Waals surface area contributed by atoms with Crippen LogP contribution in [0.5, 0.6) is 0 Å². The smallest absolute Gasteiger partial charge is 0.00388 e. The van der Waals surface area contributed by atoms with E-state index in [0.29, 0.717) is 6.04 Å². The molecule has 0 radical (unpaired) electrons. The second-order valence-electron chi connectivity index (χ2n) is 4.11. The average molecular weight is 185 g/mol. The van der Waals surface area contributed by atoms with Crippen molar-refractivity contribution in [1.29, 1.82) is 0 Å². The summed E-state index contributed by atoms with van der Waals surface area (Å²) in [6.07, 6.45) is 11.9. The van der Waals surface area contributed by atoms with Crippen molar-refractivity contribution in [2.24, 2.45) is 5.73 Å². The molecule has 13 heavy (non-hydrogen) atoms. The standard InChI is InChI=1S/C12H27N/c1-3-5-7-9-11-12(13)10-8-6-4-2/h12H,3-11,13H2,1-2H3. The highest BCUT2D eigenvalue weighted by Gasteiger charge is 2.00. The van der Waals surface area contributed by atoms with Crippen LogP contribution < -0.4 is 5.73 Å². The van der Waals surface area contributed by atoms with Crippen molar-refractivity contribution < 1.29 is 0 Å². The number of hydrogen-bond acceptors (Lipinski definition) is 1. The van der Waals surface area contributed by atoms with Crippen LogP contribution in [0.15, 0.2) is 0 Å². The molecule has 0 aromatic heterocycles. The first-order valence-corrected chi connectivity index (χ1v) is 6.06. The number of hydrogen-bond donors (Lipinski definition) is 1. The minimum absolute atomic E-state index is 0.475. The molecule has 2 N–H and O–H groups in total. The van der Waals surface area contributed by atoms with E-state index in [1.54, 1.807) is 0 Å². The van der Waals surface area contributed by atoms with Crippen LogP contribution in [-0.2, 0) is 0 Å². The van der Waals surface area contributed by atoms with Gasteiger partial charge < -0.3 is 5.73 Å². The second-order valence-corrected chi connectivity index (χ2v) is 4.11. The molecule has 1 nitrogen and oxygen atoms in total.